The number of amides is 1. The van der Waals surface area contributed by atoms with E-state index in [2.05, 4.69) is 48.3 Å². The Hall–Kier alpha value is -3.39. The molecule has 4 aromatic rings. The zero-order valence-corrected chi connectivity index (χ0v) is 21.0. The number of hydrogen-bond acceptors (Lipinski definition) is 6. The molecule has 0 aliphatic carbocycles. The molecule has 2 aromatic heterocycles. The number of nitrogens with zero attached hydrogens (tertiary/aromatic N) is 3. The van der Waals surface area contributed by atoms with E-state index in [1.807, 2.05) is 43.3 Å². The fourth-order valence-electron chi connectivity index (χ4n) is 3.52. The number of nitrogens with one attached hydrogen (secondary N) is 1. The summed E-state index contributed by atoms with van der Waals surface area (Å²) in [5.74, 6) is 2.11. The van der Waals surface area contributed by atoms with Gasteiger partial charge >= 0.3 is 0 Å². The summed E-state index contributed by atoms with van der Waals surface area (Å²) in [6.07, 6.45) is 0.961. The molecule has 1 N–H and O–H groups in total. The van der Waals surface area contributed by atoms with Crippen LogP contribution in [0.4, 0.5) is 5.82 Å². The van der Waals surface area contributed by atoms with Crippen molar-refractivity contribution in [3.05, 3.63) is 59.8 Å². The van der Waals surface area contributed by atoms with Crippen molar-refractivity contribution in [1.82, 2.24) is 14.8 Å². The largest absolute Gasteiger partial charge is 0.497 e. The zero-order chi connectivity index (χ0) is 24.3. The predicted octanol–water partition coefficient (Wildman–Crippen LogP) is 5.89. The third-order valence-electron chi connectivity index (χ3n) is 5.40. The molecule has 178 valence electrons. The minimum Gasteiger partial charge on any atom is -0.497 e. The molecule has 4 rings (SSSR count). The molecule has 0 atom stereocenters. The molecule has 0 aliphatic rings. The van der Waals surface area contributed by atoms with Gasteiger partial charge < -0.3 is 14.8 Å². The van der Waals surface area contributed by atoms with Gasteiger partial charge in [-0.05, 0) is 54.7 Å². The molecule has 1 amide bonds. The summed E-state index contributed by atoms with van der Waals surface area (Å²) in [4.78, 5) is 17.2. The van der Waals surface area contributed by atoms with Gasteiger partial charge in [-0.3, -0.25) is 4.79 Å². The lowest BCUT2D eigenvalue weighted by Gasteiger charge is -2.19. The van der Waals surface area contributed by atoms with E-state index in [-0.39, 0.29) is 11.3 Å². The van der Waals surface area contributed by atoms with Gasteiger partial charge in [0, 0.05) is 12.5 Å². The van der Waals surface area contributed by atoms with Crippen LogP contribution in [-0.4, -0.2) is 34.4 Å². The van der Waals surface area contributed by atoms with Crippen molar-refractivity contribution in [3.63, 3.8) is 0 Å². The first-order chi connectivity index (χ1) is 16.2. The molecule has 7 nitrogen and oxygen atoms in total. The van der Waals surface area contributed by atoms with Gasteiger partial charge in [0.15, 0.2) is 0 Å². The number of hydrogen-bond donors (Lipinski definition) is 1. The van der Waals surface area contributed by atoms with Gasteiger partial charge in [0.25, 0.3) is 0 Å². The first-order valence-corrected chi connectivity index (χ1v) is 12.1. The Balaban J connectivity index is 1.34. The van der Waals surface area contributed by atoms with E-state index in [9.17, 15) is 4.79 Å². The normalized spacial score (nSPS) is 11.6. The summed E-state index contributed by atoms with van der Waals surface area (Å²) in [5.41, 5.74) is 3.03. The van der Waals surface area contributed by atoms with Crippen molar-refractivity contribution in [2.24, 2.45) is 0 Å². The summed E-state index contributed by atoms with van der Waals surface area (Å²) in [7, 11) is 1.64. The fourth-order valence-corrected chi connectivity index (χ4v) is 4.48. The zero-order valence-electron chi connectivity index (χ0n) is 20.2. The molecule has 0 spiro atoms. The average molecular weight is 479 g/mol. The second-order valence-corrected chi connectivity index (χ2v) is 10.2. The van der Waals surface area contributed by atoms with Crippen LogP contribution in [0.5, 0.6) is 11.5 Å². The number of carbonyl (C=O) groups is 1. The van der Waals surface area contributed by atoms with Gasteiger partial charge in [0.2, 0.25) is 11.0 Å². The number of fused-ring (bicyclic) bond motifs is 1. The molecule has 0 bridgehead atoms. The van der Waals surface area contributed by atoms with Gasteiger partial charge in [-0.15, -0.1) is 0 Å². The van der Waals surface area contributed by atoms with Crippen LogP contribution in [0.2, 0.25) is 0 Å². The summed E-state index contributed by atoms with van der Waals surface area (Å²) >= 11 is 1.49. The third kappa shape index (κ3) is 5.56. The number of benzene rings is 2. The number of aromatic nitrogens is 3. The quantitative estimate of drug-likeness (QED) is 0.319. The van der Waals surface area contributed by atoms with Crippen molar-refractivity contribution in [1.29, 1.82) is 0 Å². The van der Waals surface area contributed by atoms with Gasteiger partial charge in [-0.1, -0.05) is 44.2 Å². The number of rotatable bonds is 8. The smallest absolute Gasteiger partial charge is 0.225 e. The van der Waals surface area contributed by atoms with E-state index in [0.29, 0.717) is 30.4 Å². The molecule has 0 saturated carbocycles. The van der Waals surface area contributed by atoms with E-state index >= 15 is 0 Å². The van der Waals surface area contributed by atoms with Crippen LogP contribution in [0.1, 0.15) is 44.9 Å². The van der Waals surface area contributed by atoms with Crippen LogP contribution in [0, 0.1) is 6.92 Å². The van der Waals surface area contributed by atoms with E-state index in [1.165, 1.54) is 16.9 Å². The second-order valence-electron chi connectivity index (χ2n) is 9.19. The Morgan fingerprint density at radius 1 is 1.09 bits per heavy atom. The number of methoxy groups -OCH3 is 1. The van der Waals surface area contributed by atoms with E-state index < -0.39 is 0 Å². The summed E-state index contributed by atoms with van der Waals surface area (Å²) < 4.78 is 13.8. The van der Waals surface area contributed by atoms with Crippen molar-refractivity contribution in [2.75, 3.05) is 19.0 Å². The number of ether oxygens (including phenoxy) is 2. The third-order valence-corrected chi connectivity index (χ3v) is 6.40. The topological polar surface area (TPSA) is 78.3 Å². The number of carbonyl (C=O) groups excluding carboxylic acids is 1. The molecule has 8 heteroatoms. The van der Waals surface area contributed by atoms with Gasteiger partial charge in [-0.2, -0.15) is 9.78 Å². The Morgan fingerprint density at radius 3 is 2.53 bits per heavy atom. The minimum absolute atomic E-state index is 0.0874. The molecular formula is C26H30N4O3S. The van der Waals surface area contributed by atoms with Crippen LogP contribution in [-0.2, 0) is 10.2 Å². The van der Waals surface area contributed by atoms with Gasteiger partial charge in [0.05, 0.1) is 29.6 Å². The first kappa shape index (κ1) is 23.8. The molecule has 2 aromatic carbocycles. The highest BCUT2D eigenvalue weighted by Gasteiger charge is 2.15. The predicted molar refractivity (Wildman–Crippen MR) is 137 cm³/mol. The molecule has 0 saturated heterocycles. The standard InChI is InChI=1S/C26H30N4O3S/c1-17-15-23(30(29-17)25-27-21-13-12-20(32-5)16-22(21)34-25)28-24(31)7-6-14-33-19-10-8-18(9-11-19)26(2,3)4/h8-13,15-16H,6-7,14H2,1-5H3,(H,28,31). The van der Waals surface area contributed by atoms with Crippen molar-refractivity contribution >= 4 is 33.3 Å². The monoisotopic (exact) mass is 478 g/mol. The molecule has 34 heavy (non-hydrogen) atoms. The highest BCUT2D eigenvalue weighted by atomic mass is 32.1. The van der Waals surface area contributed by atoms with Crippen molar-refractivity contribution in [3.8, 4) is 16.6 Å². The van der Waals surface area contributed by atoms with Crippen LogP contribution >= 0.6 is 11.3 Å². The Morgan fingerprint density at radius 2 is 1.82 bits per heavy atom. The summed E-state index contributed by atoms with van der Waals surface area (Å²) in [6, 6.07) is 15.7. The van der Waals surface area contributed by atoms with E-state index in [0.717, 1.165) is 27.4 Å². The molecular weight excluding hydrogens is 448 g/mol. The van der Waals surface area contributed by atoms with Crippen LogP contribution < -0.4 is 14.8 Å². The van der Waals surface area contributed by atoms with Gasteiger partial charge in [0.1, 0.15) is 17.3 Å². The Kier molecular flexibility index (Phi) is 6.88. The van der Waals surface area contributed by atoms with E-state index in [1.54, 1.807) is 11.8 Å². The summed E-state index contributed by atoms with van der Waals surface area (Å²) in [6.45, 7) is 8.91. The average Bonchev–Trinajstić information content (AvgIpc) is 3.38. The maximum Gasteiger partial charge on any atom is 0.225 e. The fraction of sp³-hybridized carbons (Fsp3) is 0.346. The lowest BCUT2D eigenvalue weighted by Crippen LogP contribution is -2.15. The number of thiazole rings is 1. The van der Waals surface area contributed by atoms with Crippen molar-refractivity contribution in [2.45, 2.75) is 46.0 Å². The maximum atomic E-state index is 12.6. The maximum absolute atomic E-state index is 12.6. The lowest BCUT2D eigenvalue weighted by molar-refractivity contribution is -0.116. The molecule has 2 heterocycles. The van der Waals surface area contributed by atoms with Crippen LogP contribution in [0.25, 0.3) is 15.3 Å². The first-order valence-electron chi connectivity index (χ1n) is 11.3. The highest BCUT2D eigenvalue weighted by molar-refractivity contribution is 7.20. The van der Waals surface area contributed by atoms with Crippen LogP contribution in [0.3, 0.4) is 0 Å². The number of anilines is 1. The molecule has 0 radical (unpaired) electrons. The Bertz CT molecular complexity index is 1290. The SMILES string of the molecule is COc1ccc2nc(-n3nc(C)cc3NC(=O)CCCOc3ccc(C(C)(C)C)cc3)sc2c1. The van der Waals surface area contributed by atoms with Crippen LogP contribution in [0.15, 0.2) is 48.5 Å². The molecule has 0 fully saturated rings. The van der Waals surface area contributed by atoms with E-state index in [4.69, 9.17) is 9.47 Å². The highest BCUT2D eigenvalue weighted by Crippen LogP contribution is 2.30. The lowest BCUT2D eigenvalue weighted by atomic mass is 9.87. The van der Waals surface area contributed by atoms with Gasteiger partial charge in [-0.25, -0.2) is 4.98 Å². The van der Waals surface area contributed by atoms with Crippen molar-refractivity contribution < 1.29 is 14.3 Å². The second kappa shape index (κ2) is 9.85. The number of aryl methyl sites for hydroxylation is 1. The minimum atomic E-state index is -0.0874. The Labute approximate surface area is 203 Å². The summed E-state index contributed by atoms with van der Waals surface area (Å²) in [5, 5.41) is 8.18. The molecule has 0 unspecified atom stereocenters. The molecule has 0 aliphatic heterocycles.